The van der Waals surface area contributed by atoms with Crippen molar-refractivity contribution in [3.8, 4) is 23.0 Å². The maximum Gasteiger partial charge on any atom is 0.303 e. The summed E-state index contributed by atoms with van der Waals surface area (Å²) < 4.78 is 1.88. The van der Waals surface area contributed by atoms with E-state index in [4.69, 9.17) is 20.5 Å². The summed E-state index contributed by atoms with van der Waals surface area (Å²) in [5, 5.41) is 26.2. The van der Waals surface area contributed by atoms with Crippen LogP contribution in [0.25, 0.3) is 28.0 Å². The molecule has 3 aromatic carbocycles. The molecule has 37 heavy (non-hydrogen) atoms. The molecule has 2 heterocycles. The van der Waals surface area contributed by atoms with Crippen molar-refractivity contribution in [1.29, 1.82) is 5.26 Å². The largest absolute Gasteiger partial charge is 0.481 e. The zero-order valence-electron chi connectivity index (χ0n) is 20.1. The van der Waals surface area contributed by atoms with Crippen LogP contribution in [0.2, 0.25) is 0 Å². The van der Waals surface area contributed by atoms with Crippen LogP contribution in [-0.2, 0) is 17.8 Å². The minimum atomic E-state index is -0.845. The van der Waals surface area contributed by atoms with E-state index in [0.717, 1.165) is 50.7 Å². The topological polar surface area (TPSA) is 120 Å². The standard InChI is InChI=1S/C28H24N6O2.ClH/c1-18-24(34-25(20-5-3-2-4-6-20)15-22(33-34)11-14-27(35)36)13-12-23-28(18)32-26(31-23)17-30-21-9-7-19(16-29)8-10-21;/h2-10,12-13,15,30H,11,14,17H2,1H3,(H,31,32)(H,35,36);1H. The number of fused-ring (bicyclic) bond motifs is 1. The first-order chi connectivity index (χ1) is 17.5. The molecule has 0 radical (unpaired) electrons. The minimum absolute atomic E-state index is 0. The number of aliphatic carboxylic acids is 1. The molecule has 0 amide bonds. The van der Waals surface area contributed by atoms with Crippen LogP contribution in [0.5, 0.6) is 0 Å². The number of aromatic nitrogens is 4. The number of nitriles is 1. The van der Waals surface area contributed by atoms with Crippen LogP contribution in [0, 0.1) is 18.3 Å². The second-order valence-corrected chi connectivity index (χ2v) is 8.52. The predicted molar refractivity (Wildman–Crippen MR) is 145 cm³/mol. The molecule has 0 spiro atoms. The first-order valence-electron chi connectivity index (χ1n) is 11.6. The van der Waals surface area contributed by atoms with E-state index in [0.29, 0.717) is 18.5 Å². The number of nitrogens with zero attached hydrogens (tertiary/aromatic N) is 4. The zero-order chi connectivity index (χ0) is 25.1. The van der Waals surface area contributed by atoms with Gasteiger partial charge in [-0.05, 0) is 49.4 Å². The van der Waals surface area contributed by atoms with Crippen molar-refractivity contribution < 1.29 is 9.90 Å². The van der Waals surface area contributed by atoms with E-state index < -0.39 is 5.97 Å². The molecule has 0 saturated heterocycles. The molecular weight excluding hydrogens is 488 g/mol. The van der Waals surface area contributed by atoms with Crippen molar-refractivity contribution >= 4 is 35.1 Å². The third kappa shape index (κ3) is 5.47. The third-order valence-corrected chi connectivity index (χ3v) is 6.05. The van der Waals surface area contributed by atoms with Crippen LogP contribution in [0.15, 0.2) is 72.8 Å². The van der Waals surface area contributed by atoms with Crippen LogP contribution in [0.3, 0.4) is 0 Å². The quantitative estimate of drug-likeness (QED) is 0.247. The number of carboxylic acid groups (broad SMARTS) is 1. The van der Waals surface area contributed by atoms with Gasteiger partial charge in [0.05, 0.1) is 52.7 Å². The molecule has 0 saturated carbocycles. The van der Waals surface area contributed by atoms with Gasteiger partial charge in [-0.3, -0.25) is 4.79 Å². The Hall–Kier alpha value is -4.61. The summed E-state index contributed by atoms with van der Waals surface area (Å²) >= 11 is 0. The number of H-pyrrole nitrogens is 1. The summed E-state index contributed by atoms with van der Waals surface area (Å²) in [6.07, 6.45) is 0.384. The van der Waals surface area contributed by atoms with Gasteiger partial charge in [0.15, 0.2) is 0 Å². The summed E-state index contributed by atoms with van der Waals surface area (Å²) in [5.41, 5.74) is 7.79. The van der Waals surface area contributed by atoms with Crippen molar-refractivity contribution in [2.45, 2.75) is 26.3 Å². The van der Waals surface area contributed by atoms with Crippen molar-refractivity contribution in [1.82, 2.24) is 19.7 Å². The van der Waals surface area contributed by atoms with Gasteiger partial charge in [-0.1, -0.05) is 30.3 Å². The molecule has 0 atom stereocenters. The van der Waals surface area contributed by atoms with Gasteiger partial charge in [-0.25, -0.2) is 9.67 Å². The fourth-order valence-electron chi connectivity index (χ4n) is 4.20. The van der Waals surface area contributed by atoms with Gasteiger partial charge in [0.25, 0.3) is 0 Å². The lowest BCUT2D eigenvalue weighted by atomic mass is 10.1. The molecule has 186 valence electrons. The van der Waals surface area contributed by atoms with E-state index in [1.165, 1.54) is 0 Å². The normalized spacial score (nSPS) is 10.6. The number of carboxylic acids is 1. The first kappa shape index (κ1) is 25.5. The van der Waals surface area contributed by atoms with Gasteiger partial charge >= 0.3 is 5.97 Å². The van der Waals surface area contributed by atoms with Crippen LogP contribution < -0.4 is 5.32 Å². The molecule has 0 aliphatic heterocycles. The highest BCUT2D eigenvalue weighted by Gasteiger charge is 2.17. The van der Waals surface area contributed by atoms with Crippen LogP contribution >= 0.6 is 12.4 Å². The summed E-state index contributed by atoms with van der Waals surface area (Å²) in [7, 11) is 0. The lowest BCUT2D eigenvalue weighted by molar-refractivity contribution is -0.136. The Morgan fingerprint density at radius 3 is 2.57 bits per heavy atom. The number of anilines is 1. The molecule has 8 nitrogen and oxygen atoms in total. The maximum absolute atomic E-state index is 11.1. The number of rotatable bonds is 8. The van der Waals surface area contributed by atoms with Crippen molar-refractivity contribution in [2.75, 3.05) is 5.32 Å². The fourth-order valence-corrected chi connectivity index (χ4v) is 4.20. The average molecular weight is 513 g/mol. The zero-order valence-corrected chi connectivity index (χ0v) is 20.9. The van der Waals surface area contributed by atoms with Crippen molar-refractivity contribution in [2.24, 2.45) is 0 Å². The molecule has 9 heteroatoms. The molecule has 3 N–H and O–H groups in total. The fraction of sp³-hybridized carbons (Fsp3) is 0.143. The highest BCUT2D eigenvalue weighted by Crippen LogP contribution is 2.29. The van der Waals surface area contributed by atoms with Gasteiger partial charge in [0, 0.05) is 23.2 Å². The minimum Gasteiger partial charge on any atom is -0.481 e. The molecule has 5 rings (SSSR count). The predicted octanol–water partition coefficient (Wildman–Crippen LogP) is 5.65. The van der Waals surface area contributed by atoms with Crippen LogP contribution in [-0.4, -0.2) is 30.8 Å². The number of aromatic amines is 1. The number of aryl methyl sites for hydroxylation is 2. The summed E-state index contributed by atoms with van der Waals surface area (Å²) in [4.78, 5) is 19.3. The Kier molecular flexibility index (Phi) is 7.56. The molecule has 0 fully saturated rings. The maximum atomic E-state index is 11.1. The molecule has 0 aliphatic carbocycles. The number of imidazole rings is 1. The Bertz CT molecular complexity index is 1580. The number of benzene rings is 3. The molecule has 0 bridgehead atoms. The van der Waals surface area contributed by atoms with Crippen molar-refractivity contribution in [3.63, 3.8) is 0 Å². The summed E-state index contributed by atoms with van der Waals surface area (Å²) in [6.45, 7) is 2.52. The van der Waals surface area contributed by atoms with E-state index in [2.05, 4.69) is 16.4 Å². The number of carbonyl (C=O) groups is 1. The number of hydrogen-bond acceptors (Lipinski definition) is 5. The van der Waals surface area contributed by atoms with Crippen molar-refractivity contribution in [3.05, 3.63) is 95.4 Å². The van der Waals surface area contributed by atoms with Gasteiger partial charge in [-0.15, -0.1) is 12.4 Å². The Morgan fingerprint density at radius 1 is 1.11 bits per heavy atom. The molecule has 5 aromatic rings. The smallest absolute Gasteiger partial charge is 0.303 e. The number of halogens is 1. The number of hydrogen-bond donors (Lipinski definition) is 3. The third-order valence-electron chi connectivity index (χ3n) is 6.05. The molecular formula is C28H25ClN6O2. The Morgan fingerprint density at radius 2 is 1.86 bits per heavy atom. The number of nitrogens with one attached hydrogen (secondary N) is 2. The van der Waals surface area contributed by atoms with E-state index >= 15 is 0 Å². The Labute approximate surface area is 220 Å². The summed E-state index contributed by atoms with van der Waals surface area (Å²) in [5.74, 6) is -0.0532. The van der Waals surface area contributed by atoms with Crippen LogP contribution in [0.1, 0.15) is 29.1 Å². The molecule has 0 aliphatic rings. The monoisotopic (exact) mass is 512 g/mol. The van der Waals surface area contributed by atoms with Crippen LogP contribution in [0.4, 0.5) is 5.69 Å². The SMILES string of the molecule is Cc1c(-n2nc(CCC(=O)O)cc2-c2ccccc2)ccc2[nH]c(CNc3ccc(C#N)cc3)nc12.Cl. The highest BCUT2D eigenvalue weighted by molar-refractivity contribution is 5.85. The average Bonchev–Trinajstić information content (AvgIpc) is 3.52. The molecule has 0 unspecified atom stereocenters. The van der Waals surface area contributed by atoms with Gasteiger partial charge < -0.3 is 15.4 Å². The van der Waals surface area contributed by atoms with E-state index in [1.807, 2.05) is 72.3 Å². The van der Waals surface area contributed by atoms with E-state index in [1.54, 1.807) is 12.1 Å². The molecule has 2 aromatic heterocycles. The second kappa shape index (κ2) is 11.0. The van der Waals surface area contributed by atoms with E-state index in [-0.39, 0.29) is 18.8 Å². The first-order valence-corrected chi connectivity index (χ1v) is 11.6. The Balaban J connectivity index is 0.00000320. The lowest BCUT2D eigenvalue weighted by Gasteiger charge is -2.11. The van der Waals surface area contributed by atoms with E-state index in [9.17, 15) is 4.79 Å². The van der Waals surface area contributed by atoms with Gasteiger partial charge in [-0.2, -0.15) is 10.4 Å². The summed E-state index contributed by atoms with van der Waals surface area (Å²) in [6, 6.07) is 25.3. The highest BCUT2D eigenvalue weighted by atomic mass is 35.5. The lowest BCUT2D eigenvalue weighted by Crippen LogP contribution is -2.03. The van der Waals surface area contributed by atoms with Gasteiger partial charge in [0.1, 0.15) is 5.82 Å². The van der Waals surface area contributed by atoms with Gasteiger partial charge in [0.2, 0.25) is 0 Å². The second-order valence-electron chi connectivity index (χ2n) is 8.52.